The fourth-order valence-corrected chi connectivity index (χ4v) is 4.11. The van der Waals surface area contributed by atoms with Gasteiger partial charge in [-0.15, -0.1) is 11.3 Å². The number of thiophene rings is 1. The highest BCUT2D eigenvalue weighted by molar-refractivity contribution is 7.10. The number of rotatable bonds is 5. The van der Waals surface area contributed by atoms with E-state index in [0.717, 1.165) is 19.6 Å². The molecule has 1 aromatic heterocycles. The first-order valence-corrected chi connectivity index (χ1v) is 8.94. The van der Waals surface area contributed by atoms with Crippen LogP contribution in [0.4, 0.5) is 0 Å². The first kappa shape index (κ1) is 15.9. The van der Waals surface area contributed by atoms with Crippen LogP contribution in [0.1, 0.15) is 29.7 Å². The lowest BCUT2D eigenvalue weighted by Crippen LogP contribution is -2.45. The number of morpholine rings is 1. The smallest absolute Gasteiger partial charge is 0.334 e. The summed E-state index contributed by atoms with van der Waals surface area (Å²) >= 11 is 1.78. The Morgan fingerprint density at radius 3 is 2.82 bits per heavy atom. The van der Waals surface area contributed by atoms with Gasteiger partial charge in [-0.2, -0.15) is 0 Å². The summed E-state index contributed by atoms with van der Waals surface area (Å²) in [5, 5.41) is 11.3. The summed E-state index contributed by atoms with van der Waals surface area (Å²) in [6.45, 7) is 6.11. The summed E-state index contributed by atoms with van der Waals surface area (Å²) in [6, 6.07) is 2.28. The molecule has 0 spiro atoms. The molecule has 1 atom stereocenters. The molecule has 0 bridgehead atoms. The van der Waals surface area contributed by atoms with Gasteiger partial charge in [-0.05, 0) is 42.9 Å². The molecule has 1 unspecified atom stereocenters. The lowest BCUT2D eigenvalue weighted by Gasteiger charge is -2.30. The summed E-state index contributed by atoms with van der Waals surface area (Å²) in [4.78, 5) is 17.1. The van der Waals surface area contributed by atoms with Crippen LogP contribution >= 0.6 is 11.3 Å². The third-order valence-electron chi connectivity index (χ3n) is 4.37. The predicted octanol–water partition coefficient (Wildman–Crippen LogP) is 2.02. The van der Waals surface area contributed by atoms with E-state index in [-0.39, 0.29) is 0 Å². The van der Waals surface area contributed by atoms with Crippen molar-refractivity contribution in [1.29, 1.82) is 0 Å². The zero-order chi connectivity index (χ0) is 15.4. The number of carboxylic acids is 1. The van der Waals surface area contributed by atoms with Crippen molar-refractivity contribution in [2.24, 2.45) is 0 Å². The van der Waals surface area contributed by atoms with E-state index >= 15 is 0 Å². The van der Waals surface area contributed by atoms with Gasteiger partial charge in [0, 0.05) is 31.1 Å². The SMILES string of the molecule is O=C(O)C1CN(Cc2cc(CN3CCCCC3)cs2)CCO1. The van der Waals surface area contributed by atoms with E-state index in [0.29, 0.717) is 13.2 Å². The van der Waals surface area contributed by atoms with Crippen molar-refractivity contribution < 1.29 is 14.6 Å². The second-order valence-corrected chi connectivity index (χ2v) is 7.19. The van der Waals surface area contributed by atoms with Gasteiger partial charge in [-0.3, -0.25) is 9.80 Å². The topological polar surface area (TPSA) is 53.0 Å². The highest BCUT2D eigenvalue weighted by atomic mass is 32.1. The minimum Gasteiger partial charge on any atom is -0.479 e. The molecule has 1 aromatic rings. The van der Waals surface area contributed by atoms with Gasteiger partial charge in [0.15, 0.2) is 6.10 Å². The van der Waals surface area contributed by atoms with Crippen LogP contribution in [0, 0.1) is 0 Å². The largest absolute Gasteiger partial charge is 0.479 e. The summed E-state index contributed by atoms with van der Waals surface area (Å²) in [6.07, 6.45) is 3.33. The molecular weight excluding hydrogens is 300 g/mol. The third kappa shape index (κ3) is 4.29. The Hall–Kier alpha value is -0.950. The zero-order valence-electron chi connectivity index (χ0n) is 12.9. The van der Waals surface area contributed by atoms with Crippen LogP contribution in [0.5, 0.6) is 0 Å². The average Bonchev–Trinajstić information content (AvgIpc) is 2.95. The number of hydrogen-bond acceptors (Lipinski definition) is 5. The highest BCUT2D eigenvalue weighted by Gasteiger charge is 2.26. The van der Waals surface area contributed by atoms with Crippen LogP contribution in [0.15, 0.2) is 11.4 Å². The molecule has 0 aromatic carbocycles. The van der Waals surface area contributed by atoms with E-state index in [2.05, 4.69) is 21.2 Å². The normalized spacial score (nSPS) is 24.5. The van der Waals surface area contributed by atoms with Crippen LogP contribution in [-0.2, 0) is 22.6 Å². The Morgan fingerprint density at radius 2 is 2.05 bits per heavy atom. The molecule has 2 aliphatic heterocycles. The van der Waals surface area contributed by atoms with E-state index < -0.39 is 12.1 Å². The summed E-state index contributed by atoms with van der Waals surface area (Å²) in [5.41, 5.74) is 1.39. The van der Waals surface area contributed by atoms with E-state index in [9.17, 15) is 4.79 Å². The maximum absolute atomic E-state index is 11.0. The maximum atomic E-state index is 11.0. The van der Waals surface area contributed by atoms with Crippen molar-refractivity contribution in [2.75, 3.05) is 32.8 Å². The van der Waals surface area contributed by atoms with Gasteiger partial charge < -0.3 is 9.84 Å². The molecule has 0 radical (unpaired) electrons. The van der Waals surface area contributed by atoms with E-state index in [1.54, 1.807) is 11.3 Å². The van der Waals surface area contributed by atoms with E-state index in [1.165, 1.54) is 42.8 Å². The Balaban J connectivity index is 1.51. The molecule has 22 heavy (non-hydrogen) atoms. The Kier molecular flexibility index (Phi) is 5.46. The Bertz CT molecular complexity index is 499. The van der Waals surface area contributed by atoms with Gasteiger partial charge in [-0.1, -0.05) is 6.42 Å². The van der Waals surface area contributed by atoms with Gasteiger partial charge in [0.05, 0.1) is 6.61 Å². The first-order chi connectivity index (χ1) is 10.7. The average molecular weight is 324 g/mol. The monoisotopic (exact) mass is 324 g/mol. The van der Waals surface area contributed by atoms with Crippen LogP contribution in [0.2, 0.25) is 0 Å². The Morgan fingerprint density at radius 1 is 1.23 bits per heavy atom. The molecule has 1 N–H and O–H groups in total. The second-order valence-electron chi connectivity index (χ2n) is 6.19. The number of nitrogens with zero attached hydrogens (tertiary/aromatic N) is 2. The number of ether oxygens (including phenoxy) is 1. The number of aliphatic carboxylic acids is 1. The van der Waals surface area contributed by atoms with Crippen molar-refractivity contribution in [1.82, 2.24) is 9.80 Å². The number of carbonyl (C=O) groups is 1. The van der Waals surface area contributed by atoms with Crippen LogP contribution in [0.3, 0.4) is 0 Å². The van der Waals surface area contributed by atoms with Gasteiger partial charge in [0.1, 0.15) is 0 Å². The molecule has 0 saturated carbocycles. The predicted molar refractivity (Wildman–Crippen MR) is 86.1 cm³/mol. The Labute approximate surface area is 135 Å². The molecule has 2 aliphatic rings. The van der Waals surface area contributed by atoms with Crippen LogP contribution < -0.4 is 0 Å². The standard InChI is InChI=1S/C16H24N2O3S/c19-16(20)15-11-18(6-7-21-15)10-14-8-13(12-22-14)9-17-4-2-1-3-5-17/h8,12,15H,1-7,9-11H2,(H,19,20). The zero-order valence-corrected chi connectivity index (χ0v) is 13.7. The van der Waals surface area contributed by atoms with Gasteiger partial charge in [-0.25, -0.2) is 4.79 Å². The summed E-state index contributed by atoms with van der Waals surface area (Å²) < 4.78 is 5.27. The van der Waals surface area contributed by atoms with Gasteiger partial charge in [0.2, 0.25) is 0 Å². The molecule has 0 aliphatic carbocycles. The first-order valence-electron chi connectivity index (χ1n) is 8.06. The fraction of sp³-hybridized carbons (Fsp3) is 0.688. The molecule has 3 heterocycles. The lowest BCUT2D eigenvalue weighted by molar-refractivity contribution is -0.156. The minimum absolute atomic E-state index is 0.481. The summed E-state index contributed by atoms with van der Waals surface area (Å²) in [7, 11) is 0. The maximum Gasteiger partial charge on any atom is 0.334 e. The van der Waals surface area contributed by atoms with Gasteiger partial charge >= 0.3 is 5.97 Å². The van der Waals surface area contributed by atoms with Crippen LogP contribution in [0.25, 0.3) is 0 Å². The van der Waals surface area contributed by atoms with Crippen LogP contribution in [-0.4, -0.2) is 59.8 Å². The number of likely N-dealkylation sites (tertiary alicyclic amines) is 1. The number of carboxylic acid groups (broad SMARTS) is 1. The minimum atomic E-state index is -0.860. The fourth-order valence-electron chi connectivity index (χ4n) is 3.18. The molecule has 122 valence electrons. The quantitative estimate of drug-likeness (QED) is 0.898. The molecule has 2 fully saturated rings. The van der Waals surface area contributed by atoms with Crippen molar-refractivity contribution in [3.63, 3.8) is 0 Å². The molecule has 6 heteroatoms. The molecule has 3 rings (SSSR count). The highest BCUT2D eigenvalue weighted by Crippen LogP contribution is 2.21. The van der Waals surface area contributed by atoms with E-state index in [1.807, 2.05) is 0 Å². The summed E-state index contributed by atoms with van der Waals surface area (Å²) in [5.74, 6) is -0.860. The number of piperidine rings is 1. The van der Waals surface area contributed by atoms with E-state index in [4.69, 9.17) is 9.84 Å². The van der Waals surface area contributed by atoms with Crippen molar-refractivity contribution in [3.05, 3.63) is 21.9 Å². The molecular formula is C16H24N2O3S. The second kappa shape index (κ2) is 7.55. The number of hydrogen-bond donors (Lipinski definition) is 1. The lowest BCUT2D eigenvalue weighted by atomic mass is 10.1. The van der Waals surface area contributed by atoms with Crippen molar-refractivity contribution in [3.8, 4) is 0 Å². The molecule has 2 saturated heterocycles. The van der Waals surface area contributed by atoms with Crippen molar-refractivity contribution >= 4 is 17.3 Å². The molecule has 0 amide bonds. The van der Waals surface area contributed by atoms with Crippen molar-refractivity contribution in [2.45, 2.75) is 38.5 Å². The molecule has 5 nitrogen and oxygen atoms in total. The third-order valence-corrected chi connectivity index (χ3v) is 5.34. The van der Waals surface area contributed by atoms with Gasteiger partial charge in [0.25, 0.3) is 0 Å².